The Morgan fingerprint density at radius 1 is 0.824 bits per heavy atom. The van der Waals surface area contributed by atoms with Crippen molar-refractivity contribution in [2.45, 2.75) is 18.4 Å². The summed E-state index contributed by atoms with van der Waals surface area (Å²) in [5.41, 5.74) is 8.78. The Balaban J connectivity index is 2.25. The van der Waals surface area contributed by atoms with Crippen LogP contribution in [0.3, 0.4) is 0 Å². The topological polar surface area (TPSA) is 26.0 Å². The van der Waals surface area contributed by atoms with Gasteiger partial charge in [0.15, 0.2) is 0 Å². The summed E-state index contributed by atoms with van der Waals surface area (Å²) in [5.74, 6) is 0.276. The Morgan fingerprint density at radius 3 is 1.76 bits per heavy atom. The monoisotopic (exact) mass is 224 g/mol. The smallest absolute Gasteiger partial charge is 0.0364 e. The van der Waals surface area contributed by atoms with Crippen LogP contribution >= 0.6 is 0 Å². The average Bonchev–Trinajstić information content (AvgIpc) is 2.42. The van der Waals surface area contributed by atoms with Gasteiger partial charge in [-0.15, -0.1) is 0 Å². The van der Waals surface area contributed by atoms with E-state index in [1.54, 1.807) is 0 Å². The summed E-state index contributed by atoms with van der Waals surface area (Å²) in [4.78, 5) is 0. The van der Waals surface area contributed by atoms with E-state index in [-0.39, 0.29) is 12.0 Å². The van der Waals surface area contributed by atoms with Crippen molar-refractivity contribution in [2.75, 3.05) is 0 Å². The molecule has 2 N–H and O–H groups in total. The largest absolute Gasteiger partial charge is 0.323 e. The molecule has 2 unspecified atom stereocenters. The van der Waals surface area contributed by atoms with Crippen molar-refractivity contribution >= 4 is 0 Å². The molecule has 1 heteroatoms. The Labute approximate surface area is 103 Å². The standard InChI is InChI=1S/C16H18N/c1-2-15(13-9-5-3-6-10-13)16(17)14-11-7-4-8-12-14/h3-12,15-16H,1-2,17H2. The van der Waals surface area contributed by atoms with Gasteiger partial charge < -0.3 is 5.73 Å². The Hall–Kier alpha value is -1.60. The van der Waals surface area contributed by atoms with Gasteiger partial charge in [0.05, 0.1) is 0 Å². The van der Waals surface area contributed by atoms with Crippen molar-refractivity contribution in [1.82, 2.24) is 0 Å². The maximum absolute atomic E-state index is 6.34. The van der Waals surface area contributed by atoms with Crippen molar-refractivity contribution < 1.29 is 0 Å². The molecule has 0 saturated carbocycles. The molecule has 0 aliphatic carbocycles. The van der Waals surface area contributed by atoms with E-state index < -0.39 is 0 Å². The number of benzene rings is 2. The molecule has 0 amide bonds. The van der Waals surface area contributed by atoms with Gasteiger partial charge in [-0.25, -0.2) is 0 Å². The summed E-state index contributed by atoms with van der Waals surface area (Å²) in [6, 6.07) is 20.6. The molecule has 1 radical (unpaired) electrons. The Bertz CT molecular complexity index is 436. The summed E-state index contributed by atoms with van der Waals surface area (Å²) in [7, 11) is 0. The first kappa shape index (κ1) is 11.9. The summed E-state index contributed by atoms with van der Waals surface area (Å²) < 4.78 is 0. The minimum atomic E-state index is 0.0103. The Morgan fingerprint density at radius 2 is 1.29 bits per heavy atom. The van der Waals surface area contributed by atoms with Crippen LogP contribution in [-0.4, -0.2) is 0 Å². The van der Waals surface area contributed by atoms with Crippen molar-refractivity contribution in [1.29, 1.82) is 0 Å². The molecule has 0 spiro atoms. The van der Waals surface area contributed by atoms with Gasteiger partial charge in [-0.1, -0.05) is 67.6 Å². The van der Waals surface area contributed by atoms with Gasteiger partial charge in [-0.2, -0.15) is 0 Å². The van der Waals surface area contributed by atoms with Crippen LogP contribution in [0.2, 0.25) is 0 Å². The van der Waals surface area contributed by atoms with Crippen LogP contribution < -0.4 is 5.73 Å². The van der Waals surface area contributed by atoms with Crippen LogP contribution in [0.15, 0.2) is 60.7 Å². The number of hydrogen-bond acceptors (Lipinski definition) is 1. The summed E-state index contributed by atoms with van der Waals surface area (Å²) in [5, 5.41) is 0. The van der Waals surface area contributed by atoms with E-state index in [0.717, 1.165) is 6.42 Å². The molecule has 2 atom stereocenters. The number of nitrogens with two attached hydrogens (primary N) is 1. The predicted octanol–water partition coefficient (Wildman–Crippen LogP) is 3.69. The molecule has 0 heterocycles. The van der Waals surface area contributed by atoms with Gasteiger partial charge in [-0.3, -0.25) is 0 Å². The lowest BCUT2D eigenvalue weighted by molar-refractivity contribution is 0.558. The molecule has 17 heavy (non-hydrogen) atoms. The third kappa shape index (κ3) is 2.75. The molecule has 0 saturated heterocycles. The zero-order valence-electron chi connectivity index (χ0n) is 9.92. The van der Waals surface area contributed by atoms with Gasteiger partial charge in [0, 0.05) is 12.0 Å². The highest BCUT2D eigenvalue weighted by molar-refractivity contribution is 5.27. The van der Waals surface area contributed by atoms with Crippen molar-refractivity contribution in [3.63, 3.8) is 0 Å². The lowest BCUT2D eigenvalue weighted by atomic mass is 9.86. The van der Waals surface area contributed by atoms with E-state index in [4.69, 9.17) is 5.73 Å². The maximum Gasteiger partial charge on any atom is 0.0364 e. The normalized spacial score (nSPS) is 14.2. The van der Waals surface area contributed by atoms with E-state index in [0.29, 0.717) is 0 Å². The van der Waals surface area contributed by atoms with E-state index in [1.807, 2.05) is 24.3 Å². The van der Waals surface area contributed by atoms with Crippen LogP contribution in [0.5, 0.6) is 0 Å². The number of hydrogen-bond donors (Lipinski definition) is 1. The molecular formula is C16H18N. The zero-order valence-corrected chi connectivity index (χ0v) is 9.92. The molecule has 0 aliphatic heterocycles. The molecule has 0 aromatic heterocycles. The number of rotatable bonds is 4. The third-order valence-corrected chi connectivity index (χ3v) is 3.16. The van der Waals surface area contributed by atoms with Crippen LogP contribution in [-0.2, 0) is 0 Å². The summed E-state index contributed by atoms with van der Waals surface area (Å²) in [6.45, 7) is 4.03. The highest BCUT2D eigenvalue weighted by Crippen LogP contribution is 2.31. The average molecular weight is 224 g/mol. The van der Waals surface area contributed by atoms with E-state index in [9.17, 15) is 0 Å². The fraction of sp³-hybridized carbons (Fsp3) is 0.188. The van der Waals surface area contributed by atoms with Crippen LogP contribution in [0.1, 0.15) is 29.5 Å². The molecule has 2 aromatic rings. The van der Waals surface area contributed by atoms with Crippen LogP contribution in [0.25, 0.3) is 0 Å². The summed E-state index contributed by atoms with van der Waals surface area (Å²) in [6.07, 6.45) is 0.806. The summed E-state index contributed by atoms with van der Waals surface area (Å²) >= 11 is 0. The third-order valence-electron chi connectivity index (χ3n) is 3.16. The van der Waals surface area contributed by atoms with Gasteiger partial charge in [0.25, 0.3) is 0 Å². The van der Waals surface area contributed by atoms with Crippen LogP contribution in [0, 0.1) is 6.92 Å². The molecule has 1 nitrogen and oxygen atoms in total. The highest BCUT2D eigenvalue weighted by atomic mass is 14.6. The first-order valence-electron chi connectivity index (χ1n) is 5.97. The molecule has 2 rings (SSSR count). The predicted molar refractivity (Wildman–Crippen MR) is 72.5 cm³/mol. The van der Waals surface area contributed by atoms with Crippen molar-refractivity contribution in [3.05, 3.63) is 78.7 Å². The minimum absolute atomic E-state index is 0.0103. The maximum atomic E-state index is 6.34. The SMILES string of the molecule is [CH2]CC(c1ccccc1)C(N)c1ccccc1. The van der Waals surface area contributed by atoms with E-state index in [2.05, 4.69) is 43.3 Å². The van der Waals surface area contributed by atoms with E-state index in [1.165, 1.54) is 11.1 Å². The Kier molecular flexibility index (Phi) is 3.94. The first-order valence-corrected chi connectivity index (χ1v) is 5.97. The minimum Gasteiger partial charge on any atom is -0.323 e. The first-order chi connectivity index (χ1) is 8.33. The van der Waals surface area contributed by atoms with Crippen molar-refractivity contribution in [3.8, 4) is 0 Å². The molecule has 0 bridgehead atoms. The van der Waals surface area contributed by atoms with Gasteiger partial charge in [0.2, 0.25) is 0 Å². The highest BCUT2D eigenvalue weighted by Gasteiger charge is 2.18. The van der Waals surface area contributed by atoms with Gasteiger partial charge in [0.1, 0.15) is 0 Å². The van der Waals surface area contributed by atoms with Gasteiger partial charge in [-0.05, 0) is 17.5 Å². The molecular weight excluding hydrogens is 206 g/mol. The second-order valence-electron chi connectivity index (χ2n) is 4.24. The quantitative estimate of drug-likeness (QED) is 0.842. The van der Waals surface area contributed by atoms with Gasteiger partial charge >= 0.3 is 0 Å². The zero-order chi connectivity index (χ0) is 12.1. The molecule has 0 fully saturated rings. The van der Waals surface area contributed by atoms with Crippen molar-refractivity contribution in [2.24, 2.45) is 5.73 Å². The molecule has 87 valence electrons. The fourth-order valence-electron chi connectivity index (χ4n) is 2.16. The molecule has 0 aliphatic rings. The second kappa shape index (κ2) is 5.65. The molecule has 2 aromatic carbocycles. The lowest BCUT2D eigenvalue weighted by Crippen LogP contribution is -2.19. The fourth-order valence-corrected chi connectivity index (χ4v) is 2.16. The lowest BCUT2D eigenvalue weighted by Gasteiger charge is -2.23. The second-order valence-corrected chi connectivity index (χ2v) is 4.24. The van der Waals surface area contributed by atoms with Crippen LogP contribution in [0.4, 0.5) is 0 Å². The van der Waals surface area contributed by atoms with E-state index >= 15 is 0 Å².